The Bertz CT molecular complexity index is 234. The maximum atomic E-state index is 4.14. The van der Waals surface area contributed by atoms with E-state index < -0.39 is 0 Å². The molecule has 0 fully saturated rings. The maximum absolute atomic E-state index is 4.14. The Hall–Kier alpha value is -0.830. The molecule has 1 rings (SSSR count). The lowest BCUT2D eigenvalue weighted by molar-refractivity contribution is 0.364. The van der Waals surface area contributed by atoms with Gasteiger partial charge in [-0.15, -0.1) is 0 Å². The largest absolute Gasteiger partial charge is 0.315 e. The molecule has 0 bridgehead atoms. The summed E-state index contributed by atoms with van der Waals surface area (Å²) in [5, 5.41) is 7.56. The zero-order valence-corrected chi connectivity index (χ0v) is 9.45. The molecule has 1 aromatic rings. The van der Waals surface area contributed by atoms with E-state index >= 15 is 0 Å². The molecule has 0 spiro atoms. The van der Waals surface area contributed by atoms with Gasteiger partial charge in [-0.05, 0) is 24.4 Å². The highest BCUT2D eigenvalue weighted by Gasteiger charge is 2.08. The zero-order chi connectivity index (χ0) is 10.4. The third-order valence-corrected chi connectivity index (χ3v) is 2.13. The second kappa shape index (κ2) is 5.15. The van der Waals surface area contributed by atoms with E-state index in [-0.39, 0.29) is 0 Å². The van der Waals surface area contributed by atoms with Gasteiger partial charge in [-0.1, -0.05) is 20.8 Å². The van der Waals surface area contributed by atoms with E-state index in [2.05, 4.69) is 31.2 Å². The van der Waals surface area contributed by atoms with Gasteiger partial charge < -0.3 is 5.32 Å². The Morgan fingerprint density at radius 3 is 2.64 bits per heavy atom. The van der Waals surface area contributed by atoms with Crippen LogP contribution in [0.1, 0.15) is 27.2 Å². The van der Waals surface area contributed by atoms with Crippen LogP contribution in [0.25, 0.3) is 0 Å². The number of nitrogens with zero attached hydrogens (tertiary/aromatic N) is 2. The lowest BCUT2D eigenvalue weighted by Crippen LogP contribution is -2.24. The molecular formula is C11H21N3. The van der Waals surface area contributed by atoms with Crippen LogP contribution in [0.15, 0.2) is 18.5 Å². The summed E-state index contributed by atoms with van der Waals surface area (Å²) in [4.78, 5) is 0. The molecule has 0 saturated carbocycles. The topological polar surface area (TPSA) is 29.9 Å². The van der Waals surface area contributed by atoms with Crippen molar-refractivity contribution in [3.05, 3.63) is 18.5 Å². The quantitative estimate of drug-likeness (QED) is 0.727. The molecule has 0 aliphatic carbocycles. The van der Waals surface area contributed by atoms with Crippen molar-refractivity contribution < 1.29 is 0 Å². The van der Waals surface area contributed by atoms with Crippen LogP contribution in [-0.4, -0.2) is 22.9 Å². The van der Waals surface area contributed by atoms with Crippen LogP contribution >= 0.6 is 0 Å². The van der Waals surface area contributed by atoms with Crippen LogP contribution in [0, 0.1) is 5.41 Å². The Labute approximate surface area is 86.5 Å². The number of nitrogens with one attached hydrogen (secondary N) is 1. The molecule has 0 amide bonds. The lowest BCUT2D eigenvalue weighted by Gasteiger charge is -2.17. The summed E-state index contributed by atoms with van der Waals surface area (Å²) in [7, 11) is 0. The minimum absolute atomic E-state index is 0.429. The molecule has 0 saturated heterocycles. The van der Waals surface area contributed by atoms with E-state index in [0.717, 1.165) is 19.6 Å². The van der Waals surface area contributed by atoms with Crippen LogP contribution in [0.2, 0.25) is 0 Å². The Morgan fingerprint density at radius 1 is 1.29 bits per heavy atom. The molecule has 1 aromatic heterocycles. The van der Waals surface area contributed by atoms with Crippen LogP contribution in [0.4, 0.5) is 0 Å². The highest BCUT2D eigenvalue weighted by atomic mass is 15.3. The molecule has 1 N–H and O–H groups in total. The molecule has 0 aromatic carbocycles. The Kier molecular flexibility index (Phi) is 4.14. The first-order valence-electron chi connectivity index (χ1n) is 5.26. The standard InChI is InChI=1S/C11H21N3/c1-11(2,3)5-7-12-8-10-14-9-4-6-13-14/h4,6,9,12H,5,7-8,10H2,1-3H3. The normalized spacial score (nSPS) is 11.9. The van der Waals surface area contributed by atoms with Crippen molar-refractivity contribution in [2.24, 2.45) is 5.41 Å². The van der Waals surface area contributed by atoms with Gasteiger partial charge in [0.1, 0.15) is 0 Å². The molecular weight excluding hydrogens is 174 g/mol. The minimum atomic E-state index is 0.429. The van der Waals surface area contributed by atoms with Crippen molar-refractivity contribution in [2.75, 3.05) is 13.1 Å². The summed E-state index contributed by atoms with van der Waals surface area (Å²) in [6, 6.07) is 1.95. The molecule has 0 atom stereocenters. The summed E-state index contributed by atoms with van der Waals surface area (Å²) in [5.74, 6) is 0. The monoisotopic (exact) mass is 195 g/mol. The van der Waals surface area contributed by atoms with Crippen molar-refractivity contribution in [1.82, 2.24) is 15.1 Å². The van der Waals surface area contributed by atoms with E-state index in [9.17, 15) is 0 Å². The van der Waals surface area contributed by atoms with Crippen LogP contribution in [0.3, 0.4) is 0 Å². The third kappa shape index (κ3) is 5.02. The predicted molar refractivity (Wildman–Crippen MR) is 59.2 cm³/mol. The third-order valence-electron chi connectivity index (χ3n) is 2.13. The molecule has 1 heterocycles. The Morgan fingerprint density at radius 2 is 2.07 bits per heavy atom. The molecule has 3 heteroatoms. The summed E-state index contributed by atoms with van der Waals surface area (Å²) in [6.07, 6.45) is 5.02. The first-order chi connectivity index (χ1) is 6.58. The van der Waals surface area contributed by atoms with Gasteiger partial charge in [-0.2, -0.15) is 5.10 Å². The van der Waals surface area contributed by atoms with Crippen molar-refractivity contribution in [1.29, 1.82) is 0 Å². The van der Waals surface area contributed by atoms with Crippen LogP contribution in [0.5, 0.6) is 0 Å². The van der Waals surface area contributed by atoms with Gasteiger partial charge in [0, 0.05) is 18.9 Å². The average molecular weight is 195 g/mol. The second-order valence-electron chi connectivity index (χ2n) is 4.83. The number of rotatable bonds is 5. The summed E-state index contributed by atoms with van der Waals surface area (Å²) in [5.41, 5.74) is 0.429. The SMILES string of the molecule is CC(C)(C)CCNCCn1cccn1. The van der Waals surface area contributed by atoms with E-state index in [0.29, 0.717) is 5.41 Å². The van der Waals surface area contributed by atoms with Crippen molar-refractivity contribution in [2.45, 2.75) is 33.7 Å². The zero-order valence-electron chi connectivity index (χ0n) is 9.45. The number of hydrogen-bond donors (Lipinski definition) is 1. The smallest absolute Gasteiger partial charge is 0.0533 e. The van der Waals surface area contributed by atoms with Gasteiger partial charge in [0.25, 0.3) is 0 Å². The predicted octanol–water partition coefficient (Wildman–Crippen LogP) is 1.91. The Balaban J connectivity index is 2.00. The molecule has 0 unspecified atom stereocenters. The average Bonchev–Trinajstić information content (AvgIpc) is 2.54. The van der Waals surface area contributed by atoms with Crippen molar-refractivity contribution in [3.8, 4) is 0 Å². The van der Waals surface area contributed by atoms with Gasteiger partial charge >= 0.3 is 0 Å². The summed E-state index contributed by atoms with van der Waals surface area (Å²) < 4.78 is 1.95. The molecule has 14 heavy (non-hydrogen) atoms. The molecule has 0 aliphatic heterocycles. The second-order valence-corrected chi connectivity index (χ2v) is 4.83. The molecule has 3 nitrogen and oxygen atoms in total. The lowest BCUT2D eigenvalue weighted by atomic mass is 9.92. The fraction of sp³-hybridized carbons (Fsp3) is 0.727. The van der Waals surface area contributed by atoms with Gasteiger partial charge in [-0.25, -0.2) is 0 Å². The first-order valence-corrected chi connectivity index (χ1v) is 5.26. The fourth-order valence-corrected chi connectivity index (χ4v) is 1.21. The van der Waals surface area contributed by atoms with Crippen molar-refractivity contribution >= 4 is 0 Å². The van der Waals surface area contributed by atoms with E-state index in [4.69, 9.17) is 0 Å². The molecule has 80 valence electrons. The van der Waals surface area contributed by atoms with Crippen LogP contribution in [-0.2, 0) is 6.54 Å². The maximum Gasteiger partial charge on any atom is 0.0533 e. The minimum Gasteiger partial charge on any atom is -0.315 e. The van der Waals surface area contributed by atoms with Crippen molar-refractivity contribution in [3.63, 3.8) is 0 Å². The highest BCUT2D eigenvalue weighted by Crippen LogP contribution is 2.16. The van der Waals surface area contributed by atoms with Gasteiger partial charge in [-0.3, -0.25) is 4.68 Å². The van der Waals surface area contributed by atoms with Crippen LogP contribution < -0.4 is 5.32 Å². The van der Waals surface area contributed by atoms with E-state index in [1.54, 1.807) is 0 Å². The fourth-order valence-electron chi connectivity index (χ4n) is 1.21. The summed E-state index contributed by atoms with van der Waals surface area (Å²) >= 11 is 0. The summed E-state index contributed by atoms with van der Waals surface area (Å²) in [6.45, 7) is 9.84. The number of hydrogen-bond acceptors (Lipinski definition) is 2. The van der Waals surface area contributed by atoms with Gasteiger partial charge in [0.2, 0.25) is 0 Å². The molecule has 0 aliphatic rings. The number of aromatic nitrogens is 2. The van der Waals surface area contributed by atoms with Gasteiger partial charge in [0.15, 0.2) is 0 Å². The van der Waals surface area contributed by atoms with E-state index in [1.165, 1.54) is 6.42 Å². The van der Waals surface area contributed by atoms with E-state index in [1.807, 2.05) is 23.1 Å². The van der Waals surface area contributed by atoms with Gasteiger partial charge in [0.05, 0.1) is 6.54 Å². The first kappa shape index (κ1) is 11.2. The molecule has 0 radical (unpaired) electrons. The highest BCUT2D eigenvalue weighted by molar-refractivity contribution is 4.77.